The largest absolute Gasteiger partial charge is 0.310 e. The standard InChI is InChI=1S/C62H47FN2/c1-61(2)55-21-13-12-18-50(55)51-35-33-49(38-57(51)61)64(47-31-26-44(63)27-32-47)46-28-22-41(23-29-46)43-25-34-54-56(37-43)62(3,4)58-39-59(52-19-10-11-20-53(52)60(54)58)65(45-16-6-5-7-17-45)48-30-24-40-14-8-9-15-42(40)36-48/h5-39H,1-4H3. The maximum absolute atomic E-state index is 14.4. The van der Waals surface area contributed by atoms with E-state index in [4.69, 9.17) is 0 Å². The molecular weight excluding hydrogens is 792 g/mol. The summed E-state index contributed by atoms with van der Waals surface area (Å²) in [6, 6.07) is 75.7. The number of nitrogens with zero attached hydrogens (tertiary/aromatic N) is 2. The van der Waals surface area contributed by atoms with Crippen molar-refractivity contribution in [2.24, 2.45) is 0 Å². The van der Waals surface area contributed by atoms with Crippen molar-refractivity contribution in [2.45, 2.75) is 38.5 Å². The molecule has 0 atom stereocenters. The van der Waals surface area contributed by atoms with Crippen molar-refractivity contribution >= 4 is 55.7 Å². The molecule has 12 rings (SSSR count). The highest BCUT2D eigenvalue weighted by atomic mass is 19.1. The van der Waals surface area contributed by atoms with Gasteiger partial charge >= 0.3 is 0 Å². The molecule has 0 bridgehead atoms. The van der Waals surface area contributed by atoms with Crippen LogP contribution >= 0.6 is 0 Å². The fourth-order valence-corrected chi connectivity index (χ4v) is 10.9. The van der Waals surface area contributed by atoms with Gasteiger partial charge in [-0.15, -0.1) is 0 Å². The number of hydrogen-bond donors (Lipinski definition) is 0. The van der Waals surface area contributed by atoms with Gasteiger partial charge in [-0.1, -0.05) is 155 Å². The number of halogens is 1. The molecule has 0 N–H and O–H groups in total. The van der Waals surface area contributed by atoms with Crippen molar-refractivity contribution in [2.75, 3.05) is 9.80 Å². The first-order chi connectivity index (χ1) is 31.6. The number of hydrogen-bond acceptors (Lipinski definition) is 2. The van der Waals surface area contributed by atoms with E-state index in [0.717, 1.165) is 34.0 Å². The summed E-state index contributed by atoms with van der Waals surface area (Å²) < 4.78 is 14.4. The molecule has 0 spiro atoms. The summed E-state index contributed by atoms with van der Waals surface area (Å²) in [5.74, 6) is -0.251. The molecule has 0 heterocycles. The van der Waals surface area contributed by atoms with Crippen LogP contribution in [0.2, 0.25) is 0 Å². The maximum atomic E-state index is 14.4. The third-order valence-corrected chi connectivity index (χ3v) is 14.3. The van der Waals surface area contributed by atoms with Crippen LogP contribution in [-0.2, 0) is 10.8 Å². The Morgan fingerprint density at radius 3 is 1.66 bits per heavy atom. The number of fused-ring (bicyclic) bond motifs is 9. The fraction of sp³-hybridized carbons (Fsp3) is 0.0968. The number of rotatable bonds is 7. The van der Waals surface area contributed by atoms with Crippen molar-refractivity contribution in [3.8, 4) is 33.4 Å². The zero-order valence-corrected chi connectivity index (χ0v) is 37.0. The second-order valence-corrected chi connectivity index (χ2v) is 18.7. The van der Waals surface area contributed by atoms with Gasteiger partial charge in [0.2, 0.25) is 0 Å². The van der Waals surface area contributed by atoms with Gasteiger partial charge < -0.3 is 9.80 Å². The summed E-state index contributed by atoms with van der Waals surface area (Å²) in [5.41, 5.74) is 18.7. The third-order valence-electron chi connectivity index (χ3n) is 14.3. The Balaban J connectivity index is 0.941. The van der Waals surface area contributed by atoms with E-state index in [1.165, 1.54) is 77.3 Å². The minimum absolute atomic E-state index is 0.145. The Morgan fingerprint density at radius 1 is 0.338 bits per heavy atom. The van der Waals surface area contributed by atoms with E-state index in [9.17, 15) is 4.39 Å². The molecule has 0 aromatic heterocycles. The lowest BCUT2D eigenvalue weighted by Crippen LogP contribution is -2.17. The molecule has 0 unspecified atom stereocenters. The van der Waals surface area contributed by atoms with Gasteiger partial charge in [-0.3, -0.25) is 0 Å². The molecule has 3 heteroatoms. The summed E-state index contributed by atoms with van der Waals surface area (Å²) in [7, 11) is 0. The smallest absolute Gasteiger partial charge is 0.123 e. The first kappa shape index (κ1) is 38.9. The van der Waals surface area contributed by atoms with Gasteiger partial charge in [0.25, 0.3) is 0 Å². The van der Waals surface area contributed by atoms with Crippen LogP contribution in [0.15, 0.2) is 212 Å². The molecule has 0 saturated heterocycles. The van der Waals surface area contributed by atoms with Crippen molar-refractivity contribution in [1.82, 2.24) is 0 Å². The molecule has 2 aliphatic carbocycles. The average Bonchev–Trinajstić information content (AvgIpc) is 3.71. The van der Waals surface area contributed by atoms with Gasteiger partial charge in [-0.25, -0.2) is 4.39 Å². The fourth-order valence-electron chi connectivity index (χ4n) is 10.9. The van der Waals surface area contributed by atoms with Crippen LogP contribution in [0, 0.1) is 5.82 Å². The van der Waals surface area contributed by atoms with E-state index >= 15 is 0 Å². The second kappa shape index (κ2) is 14.7. The first-order valence-electron chi connectivity index (χ1n) is 22.6. The van der Waals surface area contributed by atoms with Crippen LogP contribution in [0.25, 0.3) is 54.9 Å². The minimum Gasteiger partial charge on any atom is -0.310 e. The molecule has 0 saturated carbocycles. The van der Waals surface area contributed by atoms with Crippen molar-refractivity contribution in [3.63, 3.8) is 0 Å². The molecule has 0 aliphatic heterocycles. The van der Waals surface area contributed by atoms with Gasteiger partial charge in [0, 0.05) is 44.7 Å². The zero-order chi connectivity index (χ0) is 44.0. The van der Waals surface area contributed by atoms with Crippen LogP contribution in [0.5, 0.6) is 0 Å². The molecule has 0 amide bonds. The molecule has 0 radical (unpaired) electrons. The van der Waals surface area contributed by atoms with E-state index < -0.39 is 0 Å². The molecule has 10 aromatic carbocycles. The molecule has 2 aliphatic rings. The average molecular weight is 839 g/mol. The van der Waals surface area contributed by atoms with Gasteiger partial charge in [0.1, 0.15) is 5.82 Å². The second-order valence-electron chi connectivity index (χ2n) is 18.7. The first-order valence-corrected chi connectivity index (χ1v) is 22.6. The highest BCUT2D eigenvalue weighted by Crippen LogP contribution is 2.56. The number of para-hydroxylation sites is 1. The Morgan fingerprint density at radius 2 is 0.877 bits per heavy atom. The molecule has 312 valence electrons. The summed E-state index contributed by atoms with van der Waals surface area (Å²) in [6.45, 7) is 9.37. The molecule has 65 heavy (non-hydrogen) atoms. The van der Waals surface area contributed by atoms with Gasteiger partial charge in [-0.2, -0.15) is 0 Å². The Labute approximate surface area is 380 Å². The van der Waals surface area contributed by atoms with Crippen molar-refractivity contribution < 1.29 is 4.39 Å². The van der Waals surface area contributed by atoms with Crippen LogP contribution < -0.4 is 9.80 Å². The highest BCUT2D eigenvalue weighted by molar-refractivity contribution is 6.10. The number of benzene rings is 10. The monoisotopic (exact) mass is 838 g/mol. The van der Waals surface area contributed by atoms with E-state index in [1.54, 1.807) is 12.1 Å². The van der Waals surface area contributed by atoms with E-state index in [2.05, 4.69) is 226 Å². The lowest BCUT2D eigenvalue weighted by molar-refractivity contribution is 0.628. The van der Waals surface area contributed by atoms with Gasteiger partial charge in [-0.05, 0) is 157 Å². The summed E-state index contributed by atoms with van der Waals surface area (Å²) in [6.07, 6.45) is 0. The van der Waals surface area contributed by atoms with Crippen LogP contribution in [0.1, 0.15) is 49.9 Å². The maximum Gasteiger partial charge on any atom is 0.123 e. The Hall–Kier alpha value is -7.75. The lowest BCUT2D eigenvalue weighted by Gasteiger charge is -2.30. The van der Waals surface area contributed by atoms with Crippen LogP contribution in [0.4, 0.5) is 38.5 Å². The summed E-state index contributed by atoms with van der Waals surface area (Å²) in [4.78, 5) is 4.67. The quantitative estimate of drug-likeness (QED) is 0.158. The predicted molar refractivity (Wildman–Crippen MR) is 271 cm³/mol. The lowest BCUT2D eigenvalue weighted by atomic mass is 9.81. The van der Waals surface area contributed by atoms with Crippen molar-refractivity contribution in [3.05, 3.63) is 240 Å². The molecule has 10 aromatic rings. The van der Waals surface area contributed by atoms with Gasteiger partial charge in [0.15, 0.2) is 0 Å². The van der Waals surface area contributed by atoms with Crippen LogP contribution in [0.3, 0.4) is 0 Å². The molecular formula is C62H47FN2. The topological polar surface area (TPSA) is 6.48 Å². The van der Waals surface area contributed by atoms with E-state index in [-0.39, 0.29) is 16.6 Å². The van der Waals surface area contributed by atoms with Crippen LogP contribution in [-0.4, -0.2) is 0 Å². The number of anilines is 6. The normalized spacial score (nSPS) is 13.9. The Bertz CT molecular complexity index is 3490. The molecule has 0 fully saturated rings. The summed E-state index contributed by atoms with van der Waals surface area (Å²) in [5, 5.41) is 4.91. The van der Waals surface area contributed by atoms with Gasteiger partial charge in [0.05, 0.1) is 5.69 Å². The van der Waals surface area contributed by atoms with E-state index in [1.807, 2.05) is 12.1 Å². The SMILES string of the molecule is CC1(C)c2ccccc2-c2ccc(N(c3ccc(F)cc3)c3ccc(-c4ccc5c(c4)C(C)(C)c4cc(N(c6ccccc6)c6ccc7ccccc7c6)c6ccccc6c4-5)cc3)cc21. The highest BCUT2D eigenvalue weighted by Gasteiger charge is 2.39. The predicted octanol–water partition coefficient (Wildman–Crippen LogP) is 17.4. The van der Waals surface area contributed by atoms with Crippen molar-refractivity contribution in [1.29, 1.82) is 0 Å². The Kier molecular flexibility index (Phi) is 8.77. The van der Waals surface area contributed by atoms with E-state index in [0.29, 0.717) is 0 Å². The molecule has 2 nitrogen and oxygen atoms in total. The third kappa shape index (κ3) is 6.14. The minimum atomic E-state index is -0.272. The zero-order valence-electron chi connectivity index (χ0n) is 37.0. The summed E-state index contributed by atoms with van der Waals surface area (Å²) >= 11 is 0.